The van der Waals surface area contributed by atoms with E-state index in [0.29, 0.717) is 30.9 Å². The van der Waals surface area contributed by atoms with Crippen LogP contribution >= 0.6 is 0 Å². The molecule has 21 heavy (non-hydrogen) atoms. The molecule has 2 rings (SSSR count). The Kier molecular flexibility index (Phi) is 4.50. The lowest BCUT2D eigenvalue weighted by Gasteiger charge is -2.43. The van der Waals surface area contributed by atoms with E-state index in [1.54, 1.807) is 26.0 Å². The molecule has 0 spiro atoms. The molecule has 0 bridgehead atoms. The van der Waals surface area contributed by atoms with Gasteiger partial charge in [-0.2, -0.15) is 5.26 Å². The number of piperazine rings is 1. The molecule has 0 radical (unpaired) electrons. The van der Waals surface area contributed by atoms with Gasteiger partial charge >= 0.3 is 0 Å². The van der Waals surface area contributed by atoms with Gasteiger partial charge in [0, 0.05) is 32.2 Å². The largest absolute Gasteiger partial charge is 0.389 e. The lowest BCUT2D eigenvalue weighted by atomic mass is 10.1. The van der Waals surface area contributed by atoms with Crippen LogP contribution in [-0.4, -0.2) is 47.8 Å². The van der Waals surface area contributed by atoms with Crippen LogP contribution < -0.4 is 4.90 Å². The maximum absolute atomic E-state index is 14.1. The number of benzene rings is 1. The number of nitrogens with zero attached hydrogens (tertiary/aromatic N) is 3. The summed E-state index contributed by atoms with van der Waals surface area (Å²) in [5.74, 6) is -0.350. The summed E-state index contributed by atoms with van der Waals surface area (Å²) in [5.41, 5.74) is 0.157. The molecule has 0 aliphatic carbocycles. The maximum atomic E-state index is 14.1. The number of aliphatic hydroxyl groups is 1. The molecular weight excluding hydrogens is 269 g/mol. The summed E-state index contributed by atoms with van der Waals surface area (Å²) in [4.78, 5) is 4.22. The van der Waals surface area contributed by atoms with Crippen LogP contribution in [0.1, 0.15) is 26.3 Å². The molecule has 0 saturated carbocycles. The lowest BCUT2D eigenvalue weighted by Crippen LogP contribution is -2.55. The first-order valence-electron chi connectivity index (χ1n) is 7.21. The van der Waals surface area contributed by atoms with Crippen LogP contribution in [0.4, 0.5) is 10.1 Å². The van der Waals surface area contributed by atoms with Gasteiger partial charge in [0.25, 0.3) is 0 Å². The lowest BCUT2D eigenvalue weighted by molar-refractivity contribution is 0.0200. The summed E-state index contributed by atoms with van der Waals surface area (Å²) in [6.07, 6.45) is 0. The minimum absolute atomic E-state index is 0.236. The molecule has 5 heteroatoms. The van der Waals surface area contributed by atoms with Crippen molar-refractivity contribution in [3.8, 4) is 6.07 Å². The minimum Gasteiger partial charge on any atom is -0.389 e. The molecule has 1 fully saturated rings. The van der Waals surface area contributed by atoms with Crippen LogP contribution in [0, 0.1) is 17.1 Å². The molecule has 1 aliphatic heterocycles. The van der Waals surface area contributed by atoms with Crippen molar-refractivity contribution < 1.29 is 9.50 Å². The van der Waals surface area contributed by atoms with E-state index in [1.165, 1.54) is 6.07 Å². The van der Waals surface area contributed by atoms with E-state index in [1.807, 2.05) is 11.0 Å². The van der Waals surface area contributed by atoms with Crippen molar-refractivity contribution in [2.75, 3.05) is 31.1 Å². The van der Waals surface area contributed by atoms with Crippen molar-refractivity contribution in [1.82, 2.24) is 4.90 Å². The number of hydrogen-bond donors (Lipinski definition) is 1. The Bertz CT molecular complexity index is 547. The van der Waals surface area contributed by atoms with Crippen molar-refractivity contribution in [2.24, 2.45) is 0 Å². The summed E-state index contributed by atoms with van der Waals surface area (Å²) in [7, 11) is 0. The molecule has 1 aromatic rings. The Morgan fingerprint density at radius 1 is 1.43 bits per heavy atom. The molecule has 1 saturated heterocycles. The van der Waals surface area contributed by atoms with Gasteiger partial charge in [-0.1, -0.05) is 0 Å². The van der Waals surface area contributed by atoms with Crippen LogP contribution in [0.15, 0.2) is 18.2 Å². The highest BCUT2D eigenvalue weighted by molar-refractivity contribution is 5.51. The van der Waals surface area contributed by atoms with Gasteiger partial charge in [0.15, 0.2) is 0 Å². The Morgan fingerprint density at radius 3 is 2.67 bits per heavy atom. The maximum Gasteiger partial charge on any atom is 0.147 e. The van der Waals surface area contributed by atoms with Crippen molar-refractivity contribution in [3.63, 3.8) is 0 Å². The average molecular weight is 291 g/mol. The predicted octanol–water partition coefficient (Wildman–Crippen LogP) is 1.98. The Balaban J connectivity index is 2.07. The molecule has 4 nitrogen and oxygen atoms in total. The van der Waals surface area contributed by atoms with E-state index >= 15 is 0 Å². The summed E-state index contributed by atoms with van der Waals surface area (Å²) < 4.78 is 14.1. The first kappa shape index (κ1) is 15.7. The molecular formula is C16H22FN3O. The zero-order chi connectivity index (χ0) is 15.6. The second-order valence-electron chi connectivity index (χ2n) is 6.36. The Hall–Kier alpha value is -1.64. The molecule has 114 valence electrons. The molecule has 0 unspecified atom stereocenters. The van der Waals surface area contributed by atoms with Gasteiger partial charge in [0.2, 0.25) is 0 Å². The predicted molar refractivity (Wildman–Crippen MR) is 80.7 cm³/mol. The molecule has 1 aliphatic rings. The van der Waals surface area contributed by atoms with Gasteiger partial charge in [-0.05, 0) is 39.0 Å². The van der Waals surface area contributed by atoms with Crippen LogP contribution in [-0.2, 0) is 0 Å². The summed E-state index contributed by atoms with van der Waals surface area (Å²) in [6, 6.07) is 6.78. The van der Waals surface area contributed by atoms with E-state index in [4.69, 9.17) is 5.26 Å². The first-order chi connectivity index (χ1) is 9.80. The number of β-amino-alcohol motifs (C(OH)–C–C–N with tert-alkyl or cyclic N) is 1. The van der Waals surface area contributed by atoms with Crippen molar-refractivity contribution in [1.29, 1.82) is 5.26 Å². The topological polar surface area (TPSA) is 50.5 Å². The standard InChI is InChI=1S/C16H22FN3O/c1-12-10-19(6-7-20(12)11-16(2,3)21)15-5-4-13(9-18)8-14(15)17/h4-5,8,12,21H,6-7,10-11H2,1-3H3/t12-/m1/s1. The third-order valence-electron chi connectivity index (χ3n) is 3.77. The third kappa shape index (κ3) is 3.93. The SMILES string of the molecule is C[C@@H]1CN(c2ccc(C#N)cc2F)CCN1CC(C)(C)O. The van der Waals surface area contributed by atoms with Crippen molar-refractivity contribution >= 4 is 5.69 Å². The molecule has 1 N–H and O–H groups in total. The summed E-state index contributed by atoms with van der Waals surface area (Å²) >= 11 is 0. The van der Waals surface area contributed by atoms with E-state index in [0.717, 1.165) is 6.54 Å². The molecule has 0 amide bonds. The highest BCUT2D eigenvalue weighted by atomic mass is 19.1. The molecule has 1 atom stereocenters. The van der Waals surface area contributed by atoms with Crippen LogP contribution in [0.2, 0.25) is 0 Å². The fraction of sp³-hybridized carbons (Fsp3) is 0.562. The Morgan fingerprint density at radius 2 is 2.14 bits per heavy atom. The summed E-state index contributed by atoms with van der Waals surface area (Å²) in [6.45, 7) is 8.49. The van der Waals surface area contributed by atoms with E-state index in [-0.39, 0.29) is 11.9 Å². The van der Waals surface area contributed by atoms with Crippen LogP contribution in [0.3, 0.4) is 0 Å². The fourth-order valence-electron chi connectivity index (χ4n) is 2.78. The van der Waals surface area contributed by atoms with Gasteiger partial charge < -0.3 is 10.0 Å². The van der Waals surface area contributed by atoms with Crippen LogP contribution in [0.25, 0.3) is 0 Å². The van der Waals surface area contributed by atoms with Gasteiger partial charge in [-0.15, -0.1) is 0 Å². The summed E-state index contributed by atoms with van der Waals surface area (Å²) in [5, 5.41) is 18.7. The third-order valence-corrected chi connectivity index (χ3v) is 3.77. The number of anilines is 1. The van der Waals surface area contributed by atoms with Gasteiger partial charge in [0.1, 0.15) is 5.82 Å². The molecule has 0 aromatic heterocycles. The van der Waals surface area contributed by atoms with Gasteiger partial charge in [0.05, 0.1) is 22.9 Å². The second kappa shape index (κ2) is 6.00. The van der Waals surface area contributed by atoms with Crippen molar-refractivity contribution in [2.45, 2.75) is 32.4 Å². The highest BCUT2D eigenvalue weighted by Gasteiger charge is 2.28. The van der Waals surface area contributed by atoms with Gasteiger partial charge in [-0.3, -0.25) is 4.90 Å². The number of nitriles is 1. The quantitative estimate of drug-likeness (QED) is 0.925. The smallest absolute Gasteiger partial charge is 0.147 e. The highest BCUT2D eigenvalue weighted by Crippen LogP contribution is 2.24. The van der Waals surface area contributed by atoms with Crippen molar-refractivity contribution in [3.05, 3.63) is 29.6 Å². The minimum atomic E-state index is -0.726. The monoisotopic (exact) mass is 291 g/mol. The second-order valence-corrected chi connectivity index (χ2v) is 6.36. The number of rotatable bonds is 3. The average Bonchev–Trinajstić information content (AvgIpc) is 2.39. The fourth-order valence-corrected chi connectivity index (χ4v) is 2.78. The molecule has 1 heterocycles. The zero-order valence-corrected chi connectivity index (χ0v) is 12.8. The van der Waals surface area contributed by atoms with Crippen LogP contribution in [0.5, 0.6) is 0 Å². The van der Waals surface area contributed by atoms with Gasteiger partial charge in [-0.25, -0.2) is 4.39 Å². The zero-order valence-electron chi connectivity index (χ0n) is 12.8. The molecule has 1 aromatic carbocycles. The van der Waals surface area contributed by atoms with E-state index in [9.17, 15) is 9.50 Å². The Labute approximate surface area is 125 Å². The van der Waals surface area contributed by atoms with E-state index < -0.39 is 5.60 Å². The number of halogens is 1. The number of hydrogen-bond acceptors (Lipinski definition) is 4. The normalized spacial score (nSPS) is 20.4. The van der Waals surface area contributed by atoms with E-state index in [2.05, 4.69) is 11.8 Å². The first-order valence-corrected chi connectivity index (χ1v) is 7.21.